The highest BCUT2D eigenvalue weighted by Crippen LogP contribution is 2.17. The summed E-state index contributed by atoms with van der Waals surface area (Å²) in [5.41, 5.74) is 0. The van der Waals surface area contributed by atoms with Gasteiger partial charge in [-0.2, -0.15) is 0 Å². The van der Waals surface area contributed by atoms with Gasteiger partial charge in [-0.1, -0.05) is 13.3 Å². The third-order valence-electron chi connectivity index (χ3n) is 4.96. The first-order valence-corrected chi connectivity index (χ1v) is 8.45. The third-order valence-corrected chi connectivity index (χ3v) is 4.96. The van der Waals surface area contributed by atoms with Gasteiger partial charge in [-0.3, -0.25) is 0 Å². The number of hydrogen-bond acceptors (Lipinski definition) is 3. The van der Waals surface area contributed by atoms with E-state index in [4.69, 9.17) is 0 Å². The highest BCUT2D eigenvalue weighted by atomic mass is 15.1. The largest absolute Gasteiger partial charge is 0.314 e. The average molecular weight is 267 g/mol. The Kier molecular flexibility index (Phi) is 6.62. The van der Waals surface area contributed by atoms with E-state index in [1.54, 1.807) is 0 Å². The van der Waals surface area contributed by atoms with E-state index in [0.717, 1.165) is 12.1 Å². The molecule has 0 spiro atoms. The molecular formula is C16H33N3. The lowest BCUT2D eigenvalue weighted by atomic mass is 9.99. The van der Waals surface area contributed by atoms with Crippen LogP contribution in [0.5, 0.6) is 0 Å². The van der Waals surface area contributed by atoms with Gasteiger partial charge in [-0.25, -0.2) is 0 Å². The van der Waals surface area contributed by atoms with Crippen LogP contribution in [0.15, 0.2) is 0 Å². The van der Waals surface area contributed by atoms with E-state index in [0.29, 0.717) is 0 Å². The van der Waals surface area contributed by atoms with Crippen LogP contribution in [-0.2, 0) is 0 Å². The van der Waals surface area contributed by atoms with Gasteiger partial charge in [-0.05, 0) is 78.3 Å². The average Bonchev–Trinajstić information content (AvgIpc) is 2.43. The van der Waals surface area contributed by atoms with Crippen molar-refractivity contribution in [2.24, 2.45) is 0 Å². The number of nitrogens with one attached hydrogen (secondary N) is 1. The molecule has 3 nitrogen and oxygen atoms in total. The van der Waals surface area contributed by atoms with Crippen LogP contribution < -0.4 is 5.32 Å². The van der Waals surface area contributed by atoms with Crippen molar-refractivity contribution in [3.63, 3.8) is 0 Å². The molecule has 2 fully saturated rings. The highest BCUT2D eigenvalue weighted by Gasteiger charge is 2.20. The van der Waals surface area contributed by atoms with E-state index in [2.05, 4.69) is 29.1 Å². The molecular weight excluding hydrogens is 234 g/mol. The summed E-state index contributed by atoms with van der Waals surface area (Å²) in [7, 11) is 2.30. The first-order valence-electron chi connectivity index (χ1n) is 8.45. The van der Waals surface area contributed by atoms with Crippen LogP contribution in [0.25, 0.3) is 0 Å². The third kappa shape index (κ3) is 5.05. The molecule has 0 aromatic carbocycles. The van der Waals surface area contributed by atoms with Gasteiger partial charge in [-0.15, -0.1) is 0 Å². The second kappa shape index (κ2) is 8.23. The molecule has 2 rings (SSSR count). The summed E-state index contributed by atoms with van der Waals surface area (Å²) in [6.45, 7) is 8.70. The van der Waals surface area contributed by atoms with Crippen LogP contribution >= 0.6 is 0 Å². The molecule has 2 heterocycles. The number of hydrogen-bond donors (Lipinski definition) is 1. The number of nitrogens with zero attached hydrogens (tertiary/aromatic N) is 2. The Morgan fingerprint density at radius 2 is 1.84 bits per heavy atom. The van der Waals surface area contributed by atoms with Crippen LogP contribution in [-0.4, -0.2) is 61.7 Å². The summed E-state index contributed by atoms with van der Waals surface area (Å²) in [5, 5.41) is 3.80. The number of likely N-dealkylation sites (tertiary alicyclic amines) is 2. The minimum absolute atomic E-state index is 0.780. The van der Waals surface area contributed by atoms with E-state index in [1.807, 2.05) is 0 Å². The zero-order valence-electron chi connectivity index (χ0n) is 13.0. The van der Waals surface area contributed by atoms with Gasteiger partial charge in [0, 0.05) is 12.1 Å². The fraction of sp³-hybridized carbons (Fsp3) is 1.00. The van der Waals surface area contributed by atoms with Crippen molar-refractivity contribution in [2.75, 3.05) is 39.8 Å². The van der Waals surface area contributed by atoms with Gasteiger partial charge in [0.2, 0.25) is 0 Å². The van der Waals surface area contributed by atoms with E-state index in [1.165, 1.54) is 77.7 Å². The quantitative estimate of drug-likeness (QED) is 0.797. The summed E-state index contributed by atoms with van der Waals surface area (Å²) in [6, 6.07) is 1.61. The van der Waals surface area contributed by atoms with Gasteiger partial charge in [0.25, 0.3) is 0 Å². The molecule has 1 unspecified atom stereocenters. The first kappa shape index (κ1) is 15.3. The molecule has 2 saturated heterocycles. The van der Waals surface area contributed by atoms with Crippen LogP contribution in [0.1, 0.15) is 51.9 Å². The zero-order valence-corrected chi connectivity index (χ0v) is 13.0. The Hall–Kier alpha value is -0.120. The summed E-state index contributed by atoms with van der Waals surface area (Å²) < 4.78 is 0. The Labute approximate surface area is 119 Å². The van der Waals surface area contributed by atoms with E-state index in [-0.39, 0.29) is 0 Å². The van der Waals surface area contributed by atoms with Gasteiger partial charge in [0.15, 0.2) is 0 Å². The highest BCUT2D eigenvalue weighted by molar-refractivity contribution is 4.79. The fourth-order valence-electron chi connectivity index (χ4n) is 3.64. The summed E-state index contributed by atoms with van der Waals surface area (Å²) >= 11 is 0. The molecule has 2 aliphatic heterocycles. The Bertz CT molecular complexity index is 236. The lowest BCUT2D eigenvalue weighted by Crippen LogP contribution is -2.44. The zero-order chi connectivity index (χ0) is 13.5. The monoisotopic (exact) mass is 267 g/mol. The molecule has 0 amide bonds. The summed E-state index contributed by atoms with van der Waals surface area (Å²) in [4.78, 5) is 5.18. The second-order valence-corrected chi connectivity index (χ2v) is 6.49. The topological polar surface area (TPSA) is 18.5 Å². The molecule has 0 radical (unpaired) electrons. The number of rotatable bonds is 6. The molecule has 1 N–H and O–H groups in total. The van der Waals surface area contributed by atoms with Crippen molar-refractivity contribution < 1.29 is 0 Å². The molecule has 112 valence electrons. The van der Waals surface area contributed by atoms with Crippen molar-refractivity contribution >= 4 is 0 Å². The molecule has 0 aliphatic carbocycles. The summed E-state index contributed by atoms with van der Waals surface area (Å²) in [5.74, 6) is 0. The van der Waals surface area contributed by atoms with Crippen molar-refractivity contribution in [2.45, 2.75) is 64.0 Å². The standard InChI is InChI=1S/C16H33N3/c1-3-11-19-13-8-15(9-14-19)17-10-7-16-6-4-5-12-18(16)2/h15-17H,3-14H2,1-2H3. The summed E-state index contributed by atoms with van der Waals surface area (Å²) in [6.07, 6.45) is 9.58. The smallest absolute Gasteiger partial charge is 0.0104 e. The maximum atomic E-state index is 3.80. The van der Waals surface area contributed by atoms with Crippen LogP contribution in [0.3, 0.4) is 0 Å². The maximum absolute atomic E-state index is 3.80. The maximum Gasteiger partial charge on any atom is 0.0104 e. The molecule has 0 aromatic heterocycles. The fourth-order valence-corrected chi connectivity index (χ4v) is 3.64. The molecule has 2 aliphatic rings. The SMILES string of the molecule is CCCN1CCC(NCCC2CCCCN2C)CC1. The van der Waals surface area contributed by atoms with Crippen LogP contribution in [0.4, 0.5) is 0 Å². The first-order chi connectivity index (χ1) is 9.29. The molecule has 3 heteroatoms. The molecule has 0 bridgehead atoms. The van der Waals surface area contributed by atoms with Crippen LogP contribution in [0.2, 0.25) is 0 Å². The second-order valence-electron chi connectivity index (χ2n) is 6.49. The van der Waals surface area contributed by atoms with Gasteiger partial charge in [0.05, 0.1) is 0 Å². The molecule has 1 atom stereocenters. The Morgan fingerprint density at radius 3 is 2.53 bits per heavy atom. The van der Waals surface area contributed by atoms with E-state index in [9.17, 15) is 0 Å². The Balaban J connectivity index is 1.56. The minimum Gasteiger partial charge on any atom is -0.314 e. The molecule has 0 aromatic rings. The van der Waals surface area contributed by atoms with Crippen molar-refractivity contribution in [3.8, 4) is 0 Å². The lowest BCUT2D eigenvalue weighted by Gasteiger charge is -2.34. The molecule has 0 saturated carbocycles. The van der Waals surface area contributed by atoms with Gasteiger partial charge >= 0.3 is 0 Å². The van der Waals surface area contributed by atoms with Crippen LogP contribution in [0, 0.1) is 0 Å². The van der Waals surface area contributed by atoms with Gasteiger partial charge < -0.3 is 15.1 Å². The normalized spacial score (nSPS) is 27.8. The predicted molar refractivity (Wildman–Crippen MR) is 82.6 cm³/mol. The van der Waals surface area contributed by atoms with Gasteiger partial charge in [0.1, 0.15) is 0 Å². The molecule has 19 heavy (non-hydrogen) atoms. The van der Waals surface area contributed by atoms with Crippen molar-refractivity contribution in [3.05, 3.63) is 0 Å². The van der Waals surface area contributed by atoms with Crippen molar-refractivity contribution in [1.29, 1.82) is 0 Å². The number of piperidine rings is 2. The minimum atomic E-state index is 0.780. The van der Waals surface area contributed by atoms with Crippen molar-refractivity contribution in [1.82, 2.24) is 15.1 Å². The lowest BCUT2D eigenvalue weighted by molar-refractivity contribution is 0.167. The predicted octanol–water partition coefficient (Wildman–Crippen LogP) is 2.32. The van der Waals surface area contributed by atoms with E-state index >= 15 is 0 Å². The van der Waals surface area contributed by atoms with E-state index < -0.39 is 0 Å². The Morgan fingerprint density at radius 1 is 1.05 bits per heavy atom.